The average Bonchev–Trinajstić information content (AvgIpc) is 3.03. The van der Waals surface area contributed by atoms with E-state index in [0.717, 1.165) is 42.2 Å². The van der Waals surface area contributed by atoms with E-state index < -0.39 is 12.0 Å². The fourth-order valence-electron chi connectivity index (χ4n) is 4.40. The number of ether oxygens (including phenoxy) is 1. The van der Waals surface area contributed by atoms with Gasteiger partial charge in [-0.1, -0.05) is 20.8 Å². The van der Waals surface area contributed by atoms with Crippen LogP contribution in [0.15, 0.2) is 18.2 Å². The molecular weight excluding hydrogens is 356 g/mol. The summed E-state index contributed by atoms with van der Waals surface area (Å²) < 4.78 is 6.23. The lowest BCUT2D eigenvalue weighted by atomic mass is 9.72. The predicted octanol–water partition coefficient (Wildman–Crippen LogP) is 3.36. The third-order valence-corrected chi connectivity index (χ3v) is 6.13. The molecule has 1 heterocycles. The minimum Gasteiger partial charge on any atom is -0.490 e. The molecule has 2 aliphatic rings. The van der Waals surface area contributed by atoms with Gasteiger partial charge >= 0.3 is 5.97 Å². The Kier molecular flexibility index (Phi) is 5.98. The van der Waals surface area contributed by atoms with Crippen molar-refractivity contribution in [3.63, 3.8) is 0 Å². The summed E-state index contributed by atoms with van der Waals surface area (Å²) in [7, 11) is 0. The first-order valence-electron chi connectivity index (χ1n) is 10.2. The maximum Gasteiger partial charge on any atom is 0.305 e. The average molecular weight is 389 g/mol. The van der Waals surface area contributed by atoms with E-state index in [9.17, 15) is 9.59 Å². The molecule has 1 aliphatic heterocycles. The van der Waals surface area contributed by atoms with Crippen molar-refractivity contribution in [2.24, 2.45) is 17.1 Å². The van der Waals surface area contributed by atoms with Crippen LogP contribution in [-0.2, 0) is 16.0 Å². The summed E-state index contributed by atoms with van der Waals surface area (Å²) in [5.41, 5.74) is 7.98. The van der Waals surface area contributed by atoms with Crippen LogP contribution in [0.1, 0.15) is 58.4 Å². The lowest BCUT2D eigenvalue weighted by Gasteiger charge is -2.37. The Labute approximate surface area is 167 Å². The number of carboxylic acids is 1. The molecule has 1 fully saturated rings. The lowest BCUT2D eigenvalue weighted by Crippen LogP contribution is -2.44. The maximum atomic E-state index is 12.5. The molecule has 0 radical (unpaired) electrons. The van der Waals surface area contributed by atoms with Gasteiger partial charge in [0, 0.05) is 12.2 Å². The molecule has 1 unspecified atom stereocenters. The second kappa shape index (κ2) is 8.11. The standard InChI is InChI=1S/C22H32N2O4/c1-22(2,3)15-4-6-16(7-5-15)28-17-8-9-19-14(12-17)10-11-24(19)21(27)18(23)13-20(25)26/h8-9,12,15-16,18H,4-7,10-11,13,23H2,1-3H3,(H,25,26)/t15-,16-,18?. The van der Waals surface area contributed by atoms with Crippen molar-refractivity contribution >= 4 is 17.6 Å². The van der Waals surface area contributed by atoms with E-state index in [1.54, 1.807) is 4.90 Å². The zero-order chi connectivity index (χ0) is 20.5. The van der Waals surface area contributed by atoms with E-state index >= 15 is 0 Å². The monoisotopic (exact) mass is 388 g/mol. The van der Waals surface area contributed by atoms with Crippen molar-refractivity contribution in [1.82, 2.24) is 0 Å². The van der Waals surface area contributed by atoms with Gasteiger partial charge in [0.05, 0.1) is 18.6 Å². The number of carbonyl (C=O) groups excluding carboxylic acids is 1. The number of benzene rings is 1. The van der Waals surface area contributed by atoms with Crippen LogP contribution in [0.2, 0.25) is 0 Å². The topological polar surface area (TPSA) is 92.9 Å². The molecule has 6 nitrogen and oxygen atoms in total. The third kappa shape index (κ3) is 4.66. The highest BCUT2D eigenvalue weighted by atomic mass is 16.5. The van der Waals surface area contributed by atoms with Gasteiger partial charge < -0.3 is 20.5 Å². The largest absolute Gasteiger partial charge is 0.490 e. The number of hydrogen-bond acceptors (Lipinski definition) is 4. The van der Waals surface area contributed by atoms with Gasteiger partial charge in [0.25, 0.3) is 0 Å². The molecular formula is C22H32N2O4. The Balaban J connectivity index is 1.61. The second-order valence-electron chi connectivity index (χ2n) is 9.19. The van der Waals surface area contributed by atoms with Crippen LogP contribution in [0.25, 0.3) is 0 Å². The van der Waals surface area contributed by atoms with Crippen molar-refractivity contribution in [1.29, 1.82) is 0 Å². The van der Waals surface area contributed by atoms with Gasteiger partial charge in [0.2, 0.25) is 5.91 Å². The van der Waals surface area contributed by atoms with Gasteiger partial charge in [-0.15, -0.1) is 0 Å². The van der Waals surface area contributed by atoms with Crippen molar-refractivity contribution < 1.29 is 19.4 Å². The number of nitrogens with zero attached hydrogens (tertiary/aromatic N) is 1. The number of aliphatic carboxylic acids is 1. The summed E-state index contributed by atoms with van der Waals surface area (Å²) >= 11 is 0. The normalized spacial score (nSPS) is 23.2. The van der Waals surface area contributed by atoms with Gasteiger partial charge in [-0.3, -0.25) is 9.59 Å². The van der Waals surface area contributed by atoms with Gasteiger partial charge in [0.1, 0.15) is 5.75 Å². The second-order valence-corrected chi connectivity index (χ2v) is 9.19. The minimum absolute atomic E-state index is 0.250. The van der Waals surface area contributed by atoms with Gasteiger partial charge in [-0.25, -0.2) is 0 Å². The van der Waals surface area contributed by atoms with Gasteiger partial charge in [-0.05, 0) is 67.2 Å². The first-order chi connectivity index (χ1) is 13.1. The highest BCUT2D eigenvalue weighted by Gasteiger charge is 2.32. The summed E-state index contributed by atoms with van der Waals surface area (Å²) in [6.07, 6.45) is 5.17. The Hall–Kier alpha value is -2.08. The van der Waals surface area contributed by atoms with Crippen LogP contribution in [0, 0.1) is 11.3 Å². The molecule has 154 valence electrons. The molecule has 1 aromatic rings. The summed E-state index contributed by atoms with van der Waals surface area (Å²) in [5, 5.41) is 8.86. The number of carbonyl (C=O) groups is 2. The molecule has 1 aliphatic carbocycles. The summed E-state index contributed by atoms with van der Waals surface area (Å²) in [6, 6.07) is 4.80. The highest BCUT2D eigenvalue weighted by molar-refractivity contribution is 6.00. The minimum atomic E-state index is -1.06. The SMILES string of the molecule is CC(C)(C)[C@H]1CC[C@H](Oc2ccc3c(c2)CCN3C(=O)C(N)CC(=O)O)CC1. The highest BCUT2D eigenvalue weighted by Crippen LogP contribution is 2.39. The zero-order valence-electron chi connectivity index (χ0n) is 17.1. The molecule has 1 aromatic carbocycles. The first-order valence-corrected chi connectivity index (χ1v) is 10.2. The Bertz CT molecular complexity index is 733. The van der Waals surface area contributed by atoms with Crippen LogP contribution in [0.4, 0.5) is 5.69 Å². The van der Waals surface area contributed by atoms with Crippen molar-refractivity contribution in [2.45, 2.75) is 71.4 Å². The molecule has 1 saturated carbocycles. The van der Waals surface area contributed by atoms with E-state index in [1.165, 1.54) is 12.8 Å². The summed E-state index contributed by atoms with van der Waals surface area (Å²) in [4.78, 5) is 24.9. The Morgan fingerprint density at radius 3 is 2.54 bits per heavy atom. The van der Waals surface area contributed by atoms with Crippen molar-refractivity contribution in [3.8, 4) is 5.75 Å². The fourth-order valence-corrected chi connectivity index (χ4v) is 4.40. The first kappa shape index (κ1) is 20.6. The zero-order valence-corrected chi connectivity index (χ0v) is 17.1. The predicted molar refractivity (Wildman–Crippen MR) is 109 cm³/mol. The molecule has 0 bridgehead atoms. The maximum absolute atomic E-state index is 12.5. The molecule has 0 spiro atoms. The van der Waals surface area contributed by atoms with Crippen molar-refractivity contribution in [2.75, 3.05) is 11.4 Å². The van der Waals surface area contributed by atoms with Crippen LogP contribution in [0.3, 0.4) is 0 Å². The van der Waals surface area contributed by atoms with Crippen molar-refractivity contribution in [3.05, 3.63) is 23.8 Å². The lowest BCUT2D eigenvalue weighted by molar-refractivity contribution is -0.139. The summed E-state index contributed by atoms with van der Waals surface area (Å²) in [5.74, 6) is 0.199. The Morgan fingerprint density at radius 2 is 1.93 bits per heavy atom. The van der Waals surface area contributed by atoms with E-state index in [1.807, 2.05) is 18.2 Å². The molecule has 3 rings (SSSR count). The van der Waals surface area contributed by atoms with Crippen LogP contribution >= 0.6 is 0 Å². The molecule has 6 heteroatoms. The number of hydrogen-bond donors (Lipinski definition) is 2. The summed E-state index contributed by atoms with van der Waals surface area (Å²) in [6.45, 7) is 7.47. The number of fused-ring (bicyclic) bond motifs is 1. The molecule has 28 heavy (non-hydrogen) atoms. The van der Waals surface area contributed by atoms with Crippen LogP contribution in [-0.4, -0.2) is 35.7 Å². The number of carboxylic acid groups (broad SMARTS) is 1. The van der Waals surface area contributed by atoms with E-state index in [-0.39, 0.29) is 18.4 Å². The number of nitrogens with two attached hydrogens (primary N) is 1. The Morgan fingerprint density at radius 1 is 1.25 bits per heavy atom. The van der Waals surface area contributed by atoms with E-state index in [0.29, 0.717) is 12.0 Å². The molecule has 0 saturated heterocycles. The smallest absolute Gasteiger partial charge is 0.305 e. The van der Waals surface area contributed by atoms with Crippen LogP contribution in [0.5, 0.6) is 5.75 Å². The van der Waals surface area contributed by atoms with E-state index in [4.69, 9.17) is 15.6 Å². The molecule has 1 atom stereocenters. The van der Waals surface area contributed by atoms with Crippen LogP contribution < -0.4 is 15.4 Å². The molecule has 0 aromatic heterocycles. The quantitative estimate of drug-likeness (QED) is 0.807. The number of anilines is 1. The van der Waals surface area contributed by atoms with E-state index in [2.05, 4.69) is 20.8 Å². The fraction of sp³-hybridized carbons (Fsp3) is 0.636. The number of amides is 1. The third-order valence-electron chi connectivity index (χ3n) is 6.13. The van der Waals surface area contributed by atoms with Gasteiger partial charge in [-0.2, -0.15) is 0 Å². The number of rotatable bonds is 5. The van der Waals surface area contributed by atoms with Gasteiger partial charge in [0.15, 0.2) is 0 Å². The molecule has 1 amide bonds. The molecule has 3 N–H and O–H groups in total.